The van der Waals surface area contributed by atoms with Crippen LogP contribution in [0, 0.1) is 11.3 Å². The molecule has 2 aromatic carbocycles. The fourth-order valence-corrected chi connectivity index (χ4v) is 3.29. The van der Waals surface area contributed by atoms with Gasteiger partial charge in [0.2, 0.25) is 0 Å². The molecule has 2 heterocycles. The summed E-state index contributed by atoms with van der Waals surface area (Å²) in [6.07, 6.45) is 0. The minimum absolute atomic E-state index is 0.273. The van der Waals surface area contributed by atoms with Gasteiger partial charge in [-0.15, -0.1) is 16.4 Å². The molecule has 0 radical (unpaired) electrons. The summed E-state index contributed by atoms with van der Waals surface area (Å²) < 4.78 is 7.17. The van der Waals surface area contributed by atoms with Crippen LogP contribution in [0.5, 0.6) is 5.75 Å². The molecule has 0 bridgehead atoms. The van der Waals surface area contributed by atoms with Crippen molar-refractivity contribution in [2.45, 2.75) is 6.61 Å². The fraction of sp³-hybridized carbons (Fsp3) is 0.0556. The minimum atomic E-state index is 0.273. The maximum atomic E-state index is 9.06. The molecule has 2 aromatic heterocycles. The Labute approximate surface area is 142 Å². The number of nitrogens with one attached hydrogen (secondary N) is 1. The van der Waals surface area contributed by atoms with Crippen molar-refractivity contribution in [2.24, 2.45) is 0 Å². The number of nitriles is 1. The molecule has 0 saturated carbocycles. The number of ether oxygens (including phenoxy) is 1. The van der Waals surface area contributed by atoms with Gasteiger partial charge in [0, 0.05) is 10.3 Å². The lowest BCUT2D eigenvalue weighted by molar-refractivity contribution is 0.306. The maximum Gasteiger partial charge on any atom is 0.190 e. The molecule has 0 fully saturated rings. The minimum Gasteiger partial charge on any atom is -0.489 e. The number of H-pyrrole nitrogens is 1. The summed E-state index contributed by atoms with van der Waals surface area (Å²) in [6.45, 7) is 0.485. The largest absolute Gasteiger partial charge is 0.489 e. The Hall–Kier alpha value is -3.17. The molecule has 0 spiro atoms. The molecule has 0 atom stereocenters. The van der Waals surface area contributed by atoms with Gasteiger partial charge < -0.3 is 4.74 Å². The molecular weight excluding hydrogens is 320 g/mol. The van der Waals surface area contributed by atoms with Crippen LogP contribution < -0.4 is 4.74 Å². The Kier molecular flexibility index (Phi) is 3.69. The van der Waals surface area contributed by atoms with E-state index in [-0.39, 0.29) is 5.69 Å². The number of hydrogen-bond donors (Lipinski definition) is 1. The van der Waals surface area contributed by atoms with Gasteiger partial charge in [0.25, 0.3) is 0 Å². The first-order chi connectivity index (χ1) is 11.8. The van der Waals surface area contributed by atoms with Crippen molar-refractivity contribution < 1.29 is 4.74 Å². The highest BCUT2D eigenvalue weighted by Gasteiger charge is 2.10. The Morgan fingerprint density at radius 3 is 3.00 bits per heavy atom. The van der Waals surface area contributed by atoms with E-state index in [1.54, 1.807) is 11.3 Å². The molecule has 0 aliphatic heterocycles. The Balaban J connectivity index is 1.55. The van der Waals surface area contributed by atoms with Crippen LogP contribution in [-0.2, 0) is 6.61 Å². The van der Waals surface area contributed by atoms with Gasteiger partial charge in [-0.25, -0.2) is 0 Å². The van der Waals surface area contributed by atoms with Crippen LogP contribution in [-0.4, -0.2) is 15.4 Å². The van der Waals surface area contributed by atoms with Gasteiger partial charge in [0.15, 0.2) is 5.69 Å². The molecule has 1 N–H and O–H groups in total. The molecule has 0 amide bonds. The summed E-state index contributed by atoms with van der Waals surface area (Å²) in [5, 5.41) is 22.7. The predicted octanol–water partition coefficient (Wildman–Crippen LogP) is 4.14. The van der Waals surface area contributed by atoms with E-state index < -0.39 is 0 Å². The van der Waals surface area contributed by atoms with E-state index in [2.05, 4.69) is 45.1 Å². The number of rotatable bonds is 4. The number of benzene rings is 2. The summed E-state index contributed by atoms with van der Waals surface area (Å²) in [6, 6.07) is 18.0. The van der Waals surface area contributed by atoms with E-state index >= 15 is 0 Å². The molecule has 6 heteroatoms. The number of aromatic nitrogens is 3. The van der Waals surface area contributed by atoms with Gasteiger partial charge in [-0.1, -0.05) is 18.2 Å². The molecule has 116 valence electrons. The van der Waals surface area contributed by atoms with E-state index in [1.165, 1.54) is 10.1 Å². The Morgan fingerprint density at radius 1 is 1.12 bits per heavy atom. The van der Waals surface area contributed by atoms with Crippen molar-refractivity contribution >= 4 is 21.4 Å². The molecular formula is C18H12N4OS. The SMILES string of the molecule is N#Cc1n[nH]nc1-c1cccc(OCc2ccc3sccc3c2)c1. The highest BCUT2D eigenvalue weighted by Crippen LogP contribution is 2.25. The van der Waals surface area contributed by atoms with Crippen LogP contribution in [0.2, 0.25) is 0 Å². The topological polar surface area (TPSA) is 74.6 Å². The summed E-state index contributed by atoms with van der Waals surface area (Å²) in [4.78, 5) is 0. The zero-order chi connectivity index (χ0) is 16.4. The first-order valence-corrected chi connectivity index (χ1v) is 8.22. The fourth-order valence-electron chi connectivity index (χ4n) is 2.52. The summed E-state index contributed by atoms with van der Waals surface area (Å²) >= 11 is 1.73. The van der Waals surface area contributed by atoms with E-state index in [9.17, 15) is 0 Å². The molecule has 0 saturated heterocycles. The highest BCUT2D eigenvalue weighted by molar-refractivity contribution is 7.17. The number of hydrogen-bond acceptors (Lipinski definition) is 5. The van der Waals surface area contributed by atoms with Crippen molar-refractivity contribution in [1.29, 1.82) is 5.26 Å². The number of fused-ring (bicyclic) bond motifs is 1. The first kappa shape index (κ1) is 14.4. The van der Waals surface area contributed by atoms with Crippen molar-refractivity contribution in [3.05, 3.63) is 65.2 Å². The number of thiophene rings is 1. The van der Waals surface area contributed by atoms with Gasteiger partial charge in [0.05, 0.1) is 0 Å². The van der Waals surface area contributed by atoms with E-state index in [1.807, 2.05) is 30.3 Å². The smallest absolute Gasteiger partial charge is 0.190 e. The van der Waals surface area contributed by atoms with Gasteiger partial charge >= 0.3 is 0 Å². The third kappa shape index (κ3) is 2.73. The highest BCUT2D eigenvalue weighted by atomic mass is 32.1. The van der Waals surface area contributed by atoms with Crippen LogP contribution in [0.4, 0.5) is 0 Å². The van der Waals surface area contributed by atoms with Crippen LogP contribution in [0.15, 0.2) is 53.9 Å². The van der Waals surface area contributed by atoms with E-state index in [0.29, 0.717) is 12.3 Å². The van der Waals surface area contributed by atoms with Crippen molar-refractivity contribution in [1.82, 2.24) is 15.4 Å². The molecule has 5 nitrogen and oxygen atoms in total. The average Bonchev–Trinajstić information content (AvgIpc) is 3.28. The van der Waals surface area contributed by atoms with E-state index in [4.69, 9.17) is 10.00 Å². The van der Waals surface area contributed by atoms with Crippen LogP contribution in [0.1, 0.15) is 11.3 Å². The molecule has 4 aromatic rings. The Morgan fingerprint density at radius 2 is 2.08 bits per heavy atom. The maximum absolute atomic E-state index is 9.06. The van der Waals surface area contributed by atoms with Crippen LogP contribution in [0.25, 0.3) is 21.3 Å². The third-order valence-corrected chi connectivity index (χ3v) is 4.58. The van der Waals surface area contributed by atoms with Crippen molar-refractivity contribution in [2.75, 3.05) is 0 Å². The number of nitrogens with zero attached hydrogens (tertiary/aromatic N) is 3. The second-order valence-corrected chi connectivity index (χ2v) is 6.19. The van der Waals surface area contributed by atoms with Crippen LogP contribution >= 0.6 is 11.3 Å². The normalized spacial score (nSPS) is 10.6. The lowest BCUT2D eigenvalue weighted by Crippen LogP contribution is -1.95. The molecule has 0 aliphatic carbocycles. The first-order valence-electron chi connectivity index (χ1n) is 7.34. The summed E-state index contributed by atoms with van der Waals surface area (Å²) in [7, 11) is 0. The zero-order valence-corrected chi connectivity index (χ0v) is 13.4. The number of aromatic amines is 1. The summed E-state index contributed by atoms with van der Waals surface area (Å²) in [5.41, 5.74) is 2.72. The molecule has 24 heavy (non-hydrogen) atoms. The molecule has 0 aliphatic rings. The van der Waals surface area contributed by atoms with Crippen molar-refractivity contribution in [3.63, 3.8) is 0 Å². The standard InChI is InChI=1S/C18H12N4OS/c19-10-16-18(21-22-20-16)14-2-1-3-15(9-14)23-11-12-4-5-17-13(8-12)6-7-24-17/h1-9H,11H2,(H,20,21,22). The van der Waals surface area contributed by atoms with E-state index in [0.717, 1.165) is 16.9 Å². The lowest BCUT2D eigenvalue weighted by atomic mass is 10.1. The quantitative estimate of drug-likeness (QED) is 0.609. The van der Waals surface area contributed by atoms with Crippen molar-refractivity contribution in [3.8, 4) is 23.1 Å². The van der Waals surface area contributed by atoms with Crippen LogP contribution in [0.3, 0.4) is 0 Å². The zero-order valence-electron chi connectivity index (χ0n) is 12.6. The second-order valence-electron chi connectivity index (χ2n) is 5.24. The van der Waals surface area contributed by atoms with Gasteiger partial charge in [-0.3, -0.25) is 0 Å². The van der Waals surface area contributed by atoms with Gasteiger partial charge in [-0.05, 0) is 46.7 Å². The second kappa shape index (κ2) is 6.14. The average molecular weight is 332 g/mol. The predicted molar refractivity (Wildman–Crippen MR) is 92.7 cm³/mol. The lowest BCUT2D eigenvalue weighted by Gasteiger charge is -2.08. The Bertz CT molecular complexity index is 1040. The molecule has 4 rings (SSSR count). The summed E-state index contributed by atoms with van der Waals surface area (Å²) in [5.74, 6) is 0.727. The van der Waals surface area contributed by atoms with Gasteiger partial charge in [-0.2, -0.15) is 15.6 Å². The van der Waals surface area contributed by atoms with Gasteiger partial charge in [0.1, 0.15) is 24.1 Å². The molecule has 0 unspecified atom stereocenters. The monoisotopic (exact) mass is 332 g/mol. The third-order valence-electron chi connectivity index (χ3n) is 3.68.